The number of rotatable bonds is 7. The molecule has 2 aromatic carbocycles. The van der Waals surface area contributed by atoms with Crippen molar-refractivity contribution in [3.63, 3.8) is 0 Å². The second-order valence-corrected chi connectivity index (χ2v) is 6.59. The van der Waals surface area contributed by atoms with E-state index in [-0.39, 0.29) is 18.0 Å². The molecule has 0 radical (unpaired) electrons. The fourth-order valence-corrected chi connectivity index (χ4v) is 3.14. The molecule has 136 valence electrons. The smallest absolute Gasteiger partial charge is 0.329 e. The van der Waals surface area contributed by atoms with Gasteiger partial charge in [-0.2, -0.15) is 0 Å². The van der Waals surface area contributed by atoms with Gasteiger partial charge in [0.05, 0.1) is 11.0 Å². The van der Waals surface area contributed by atoms with Gasteiger partial charge in [-0.05, 0) is 31.0 Å². The van der Waals surface area contributed by atoms with Crippen molar-refractivity contribution < 1.29 is 4.79 Å². The maximum Gasteiger partial charge on any atom is 0.329 e. The number of para-hydroxylation sites is 2. The minimum atomic E-state index is -0.0511. The van der Waals surface area contributed by atoms with Gasteiger partial charge in [0.2, 0.25) is 5.91 Å². The Labute approximate surface area is 153 Å². The first-order valence-electron chi connectivity index (χ1n) is 9.10. The van der Waals surface area contributed by atoms with Crippen molar-refractivity contribution in [2.24, 2.45) is 0 Å². The molecule has 0 saturated heterocycles. The van der Waals surface area contributed by atoms with Crippen LogP contribution in [0, 0.1) is 6.92 Å². The van der Waals surface area contributed by atoms with Crippen LogP contribution in [-0.2, 0) is 24.4 Å². The molecule has 0 aliphatic rings. The van der Waals surface area contributed by atoms with E-state index in [1.54, 1.807) is 9.13 Å². The molecule has 0 spiro atoms. The maximum absolute atomic E-state index is 12.7. The Morgan fingerprint density at radius 1 is 0.962 bits per heavy atom. The van der Waals surface area contributed by atoms with Gasteiger partial charge in [0.25, 0.3) is 0 Å². The number of amides is 1. The van der Waals surface area contributed by atoms with Crippen LogP contribution in [0.2, 0.25) is 0 Å². The normalized spacial score (nSPS) is 11.0. The lowest BCUT2D eigenvalue weighted by atomic mass is 10.1. The van der Waals surface area contributed by atoms with Crippen LogP contribution in [0.5, 0.6) is 0 Å². The van der Waals surface area contributed by atoms with Crippen molar-refractivity contribution in [2.75, 3.05) is 0 Å². The summed E-state index contributed by atoms with van der Waals surface area (Å²) < 4.78 is 3.50. The Morgan fingerprint density at radius 2 is 1.58 bits per heavy atom. The second kappa shape index (κ2) is 8.04. The summed E-state index contributed by atoms with van der Waals surface area (Å²) in [5.41, 5.74) is 4.04. The van der Waals surface area contributed by atoms with Crippen molar-refractivity contribution in [2.45, 2.75) is 46.3 Å². The Balaban J connectivity index is 1.67. The summed E-state index contributed by atoms with van der Waals surface area (Å²) in [6, 6.07) is 15.8. The lowest BCUT2D eigenvalue weighted by Gasteiger charge is -2.07. The molecular weight excluding hydrogens is 326 g/mol. The van der Waals surface area contributed by atoms with E-state index in [4.69, 9.17) is 0 Å². The number of aryl methyl sites for hydroxylation is 3. The Kier molecular flexibility index (Phi) is 5.56. The average Bonchev–Trinajstić information content (AvgIpc) is 2.92. The zero-order valence-corrected chi connectivity index (χ0v) is 15.4. The van der Waals surface area contributed by atoms with Crippen molar-refractivity contribution >= 4 is 16.9 Å². The number of hydrogen-bond donors (Lipinski definition) is 1. The molecule has 3 aromatic rings. The molecule has 0 atom stereocenters. The molecule has 5 heteroatoms. The predicted octanol–water partition coefficient (Wildman–Crippen LogP) is 3.23. The van der Waals surface area contributed by atoms with Gasteiger partial charge < -0.3 is 5.32 Å². The zero-order valence-electron chi connectivity index (χ0n) is 15.4. The minimum Gasteiger partial charge on any atom is -0.352 e. The van der Waals surface area contributed by atoms with Gasteiger partial charge in [0.1, 0.15) is 0 Å². The number of fused-ring (bicyclic) bond motifs is 1. The van der Waals surface area contributed by atoms with Crippen LogP contribution in [-0.4, -0.2) is 15.0 Å². The first kappa shape index (κ1) is 18.0. The van der Waals surface area contributed by atoms with E-state index < -0.39 is 0 Å². The number of nitrogens with one attached hydrogen (secondary N) is 1. The monoisotopic (exact) mass is 351 g/mol. The third kappa shape index (κ3) is 3.87. The maximum atomic E-state index is 12.7. The lowest BCUT2D eigenvalue weighted by molar-refractivity contribution is -0.121. The third-order valence-corrected chi connectivity index (χ3v) is 4.55. The SMILES string of the molecule is CCCn1c(=O)n(CCC(=O)NCc2ccc(C)cc2)c2ccccc21. The van der Waals surface area contributed by atoms with Crippen LogP contribution in [0.15, 0.2) is 53.3 Å². The van der Waals surface area contributed by atoms with E-state index in [1.165, 1.54) is 5.56 Å². The topological polar surface area (TPSA) is 56.0 Å². The van der Waals surface area contributed by atoms with Gasteiger partial charge in [-0.15, -0.1) is 0 Å². The number of carbonyl (C=O) groups excluding carboxylic acids is 1. The first-order chi connectivity index (χ1) is 12.6. The molecule has 1 aromatic heterocycles. The summed E-state index contributed by atoms with van der Waals surface area (Å²) in [4.78, 5) is 24.9. The molecule has 0 aliphatic carbocycles. The molecule has 3 rings (SSSR count). The molecule has 1 heterocycles. The summed E-state index contributed by atoms with van der Waals surface area (Å²) in [6.45, 7) is 5.67. The highest BCUT2D eigenvalue weighted by molar-refractivity contribution is 5.78. The van der Waals surface area contributed by atoms with Crippen molar-refractivity contribution in [3.05, 3.63) is 70.1 Å². The Morgan fingerprint density at radius 3 is 2.19 bits per heavy atom. The second-order valence-electron chi connectivity index (χ2n) is 6.59. The molecule has 0 saturated carbocycles. The molecule has 0 bridgehead atoms. The van der Waals surface area contributed by atoms with Gasteiger partial charge in [-0.25, -0.2) is 4.79 Å². The number of imidazole rings is 1. The highest BCUT2D eigenvalue weighted by Crippen LogP contribution is 2.13. The van der Waals surface area contributed by atoms with Gasteiger partial charge in [0, 0.05) is 26.1 Å². The molecule has 5 nitrogen and oxygen atoms in total. The van der Waals surface area contributed by atoms with Gasteiger partial charge in [-0.3, -0.25) is 13.9 Å². The zero-order chi connectivity index (χ0) is 18.5. The van der Waals surface area contributed by atoms with E-state index in [1.807, 2.05) is 55.5 Å². The fourth-order valence-electron chi connectivity index (χ4n) is 3.14. The Bertz CT molecular complexity index is 952. The molecular formula is C21H25N3O2. The number of aromatic nitrogens is 2. The minimum absolute atomic E-state index is 0.0422. The number of hydrogen-bond acceptors (Lipinski definition) is 2. The van der Waals surface area contributed by atoms with Gasteiger partial charge in [0.15, 0.2) is 0 Å². The van der Waals surface area contributed by atoms with Crippen LogP contribution < -0.4 is 11.0 Å². The van der Waals surface area contributed by atoms with Crippen LogP contribution in [0.25, 0.3) is 11.0 Å². The summed E-state index contributed by atoms with van der Waals surface area (Å²) in [5.74, 6) is -0.0511. The number of nitrogens with zero attached hydrogens (tertiary/aromatic N) is 2. The summed E-state index contributed by atoms with van der Waals surface area (Å²) in [6.07, 6.45) is 1.18. The molecule has 0 fully saturated rings. The van der Waals surface area contributed by atoms with Crippen molar-refractivity contribution in [1.29, 1.82) is 0 Å². The highest BCUT2D eigenvalue weighted by atomic mass is 16.2. The van der Waals surface area contributed by atoms with Crippen LogP contribution in [0.1, 0.15) is 30.9 Å². The van der Waals surface area contributed by atoms with Crippen LogP contribution in [0.3, 0.4) is 0 Å². The average molecular weight is 351 g/mol. The molecule has 26 heavy (non-hydrogen) atoms. The van der Waals surface area contributed by atoms with E-state index >= 15 is 0 Å². The fraction of sp³-hybridized carbons (Fsp3) is 0.333. The van der Waals surface area contributed by atoms with E-state index in [2.05, 4.69) is 12.2 Å². The van der Waals surface area contributed by atoms with Gasteiger partial charge in [-0.1, -0.05) is 48.9 Å². The van der Waals surface area contributed by atoms with E-state index in [9.17, 15) is 9.59 Å². The summed E-state index contributed by atoms with van der Waals surface area (Å²) >= 11 is 0. The van der Waals surface area contributed by atoms with E-state index in [0.29, 0.717) is 19.6 Å². The molecule has 1 amide bonds. The van der Waals surface area contributed by atoms with E-state index in [0.717, 1.165) is 23.0 Å². The largest absolute Gasteiger partial charge is 0.352 e. The van der Waals surface area contributed by atoms with Crippen molar-refractivity contribution in [1.82, 2.24) is 14.5 Å². The first-order valence-corrected chi connectivity index (χ1v) is 9.10. The standard InChI is InChI=1S/C21H25N3O2/c1-3-13-23-18-6-4-5-7-19(18)24(21(23)26)14-12-20(25)22-15-17-10-8-16(2)9-11-17/h4-11H,3,12-15H2,1-2H3,(H,22,25). The molecule has 1 N–H and O–H groups in total. The molecule has 0 unspecified atom stereocenters. The predicted molar refractivity (Wildman–Crippen MR) is 104 cm³/mol. The third-order valence-electron chi connectivity index (χ3n) is 4.55. The lowest BCUT2D eigenvalue weighted by Crippen LogP contribution is -2.28. The number of carbonyl (C=O) groups is 1. The number of benzene rings is 2. The Hall–Kier alpha value is -2.82. The summed E-state index contributed by atoms with van der Waals surface area (Å²) in [7, 11) is 0. The summed E-state index contributed by atoms with van der Waals surface area (Å²) in [5, 5.41) is 2.93. The molecule has 0 aliphatic heterocycles. The highest BCUT2D eigenvalue weighted by Gasteiger charge is 2.13. The quantitative estimate of drug-likeness (QED) is 0.710. The van der Waals surface area contributed by atoms with Crippen LogP contribution in [0.4, 0.5) is 0 Å². The van der Waals surface area contributed by atoms with Gasteiger partial charge >= 0.3 is 5.69 Å². The van der Waals surface area contributed by atoms with Crippen LogP contribution >= 0.6 is 0 Å². The van der Waals surface area contributed by atoms with Crippen molar-refractivity contribution in [3.8, 4) is 0 Å².